The van der Waals surface area contributed by atoms with Gasteiger partial charge in [0.05, 0.1) is 12.1 Å². The van der Waals surface area contributed by atoms with Crippen molar-refractivity contribution < 1.29 is 14.7 Å². The van der Waals surface area contributed by atoms with Gasteiger partial charge in [0.1, 0.15) is 6.04 Å². The minimum absolute atomic E-state index is 0.0674. The van der Waals surface area contributed by atoms with Crippen LogP contribution in [0.15, 0.2) is 0 Å². The van der Waals surface area contributed by atoms with Crippen molar-refractivity contribution in [3.63, 3.8) is 0 Å². The van der Waals surface area contributed by atoms with Crippen LogP contribution < -0.4 is 16.4 Å². The third kappa shape index (κ3) is 2.59. The molecule has 6 nitrogen and oxygen atoms in total. The van der Waals surface area contributed by atoms with Crippen molar-refractivity contribution in [2.75, 3.05) is 6.61 Å². The third-order valence-corrected chi connectivity index (χ3v) is 2.30. The SMILES string of the molecule is CC(NC(N)=O)C(=O)NC1(CO)CC1. The van der Waals surface area contributed by atoms with Crippen LogP contribution in [0.5, 0.6) is 0 Å². The largest absolute Gasteiger partial charge is 0.394 e. The van der Waals surface area contributed by atoms with Gasteiger partial charge in [-0.15, -0.1) is 0 Å². The Kier molecular flexibility index (Phi) is 2.95. The number of primary amides is 1. The van der Waals surface area contributed by atoms with Crippen molar-refractivity contribution in [3.8, 4) is 0 Å². The lowest BCUT2D eigenvalue weighted by Crippen LogP contribution is -2.51. The van der Waals surface area contributed by atoms with E-state index in [-0.39, 0.29) is 12.5 Å². The van der Waals surface area contributed by atoms with Gasteiger partial charge in [0.25, 0.3) is 0 Å². The van der Waals surface area contributed by atoms with E-state index in [9.17, 15) is 9.59 Å². The second-order valence-corrected chi connectivity index (χ2v) is 3.66. The molecule has 0 aromatic heterocycles. The highest BCUT2D eigenvalue weighted by atomic mass is 16.3. The Morgan fingerprint density at radius 1 is 1.57 bits per heavy atom. The monoisotopic (exact) mass is 201 g/mol. The number of carbonyl (C=O) groups is 2. The highest BCUT2D eigenvalue weighted by Gasteiger charge is 2.44. The molecular formula is C8H15N3O3. The van der Waals surface area contributed by atoms with E-state index in [2.05, 4.69) is 10.6 Å². The Labute approximate surface area is 81.8 Å². The number of rotatable bonds is 4. The van der Waals surface area contributed by atoms with Gasteiger partial charge in [0, 0.05) is 0 Å². The third-order valence-electron chi connectivity index (χ3n) is 2.30. The summed E-state index contributed by atoms with van der Waals surface area (Å²) < 4.78 is 0. The quantitative estimate of drug-likeness (QED) is 0.453. The molecule has 1 fully saturated rings. The Balaban J connectivity index is 2.38. The lowest BCUT2D eigenvalue weighted by molar-refractivity contribution is -0.123. The number of carbonyl (C=O) groups excluding carboxylic acids is 2. The van der Waals surface area contributed by atoms with Crippen molar-refractivity contribution in [3.05, 3.63) is 0 Å². The fourth-order valence-corrected chi connectivity index (χ4v) is 1.12. The zero-order valence-electron chi connectivity index (χ0n) is 8.04. The zero-order chi connectivity index (χ0) is 10.8. The van der Waals surface area contributed by atoms with Gasteiger partial charge in [-0.25, -0.2) is 4.79 Å². The second kappa shape index (κ2) is 3.83. The van der Waals surface area contributed by atoms with Crippen LogP contribution in [0.25, 0.3) is 0 Å². The number of amides is 3. The lowest BCUT2D eigenvalue weighted by Gasteiger charge is -2.18. The van der Waals surface area contributed by atoms with Crippen LogP contribution in [0.4, 0.5) is 4.79 Å². The predicted molar refractivity (Wildman–Crippen MR) is 49.4 cm³/mol. The summed E-state index contributed by atoms with van der Waals surface area (Å²) in [5, 5.41) is 13.9. The van der Waals surface area contributed by atoms with Gasteiger partial charge in [0.2, 0.25) is 5.91 Å². The van der Waals surface area contributed by atoms with E-state index in [4.69, 9.17) is 10.8 Å². The van der Waals surface area contributed by atoms with E-state index in [1.807, 2.05) is 0 Å². The van der Waals surface area contributed by atoms with Crippen LogP contribution in [0.1, 0.15) is 19.8 Å². The summed E-state index contributed by atoms with van der Waals surface area (Å²) in [4.78, 5) is 21.8. The number of hydrogen-bond acceptors (Lipinski definition) is 3. The Bertz CT molecular complexity index is 250. The first kappa shape index (κ1) is 10.8. The molecule has 3 amide bonds. The van der Waals surface area contributed by atoms with E-state index in [1.165, 1.54) is 6.92 Å². The topological polar surface area (TPSA) is 104 Å². The van der Waals surface area contributed by atoms with Gasteiger partial charge in [-0.3, -0.25) is 4.79 Å². The summed E-state index contributed by atoms with van der Waals surface area (Å²) >= 11 is 0. The molecule has 0 heterocycles. The molecular weight excluding hydrogens is 186 g/mol. The van der Waals surface area contributed by atoms with Crippen molar-refractivity contribution in [2.24, 2.45) is 5.73 Å². The fourth-order valence-electron chi connectivity index (χ4n) is 1.12. The fraction of sp³-hybridized carbons (Fsp3) is 0.750. The van der Waals surface area contributed by atoms with Gasteiger partial charge in [-0.1, -0.05) is 0 Å². The number of nitrogens with one attached hydrogen (secondary N) is 2. The van der Waals surface area contributed by atoms with E-state index in [0.717, 1.165) is 12.8 Å². The van der Waals surface area contributed by atoms with Crippen molar-refractivity contribution >= 4 is 11.9 Å². The summed E-state index contributed by atoms with van der Waals surface area (Å²) in [5.74, 6) is -0.324. The molecule has 0 aromatic rings. The lowest BCUT2D eigenvalue weighted by atomic mass is 10.2. The first-order chi connectivity index (χ1) is 6.49. The van der Waals surface area contributed by atoms with Crippen LogP contribution >= 0.6 is 0 Å². The van der Waals surface area contributed by atoms with Crippen LogP contribution in [0.2, 0.25) is 0 Å². The van der Waals surface area contributed by atoms with Gasteiger partial charge in [0.15, 0.2) is 0 Å². The molecule has 14 heavy (non-hydrogen) atoms. The molecule has 1 unspecified atom stereocenters. The average Bonchev–Trinajstić information content (AvgIpc) is 2.84. The maximum absolute atomic E-state index is 11.4. The molecule has 0 radical (unpaired) electrons. The van der Waals surface area contributed by atoms with E-state index in [0.29, 0.717) is 0 Å². The first-order valence-electron chi connectivity index (χ1n) is 4.48. The molecule has 80 valence electrons. The molecule has 1 atom stereocenters. The molecule has 0 saturated heterocycles. The molecule has 1 rings (SSSR count). The minimum Gasteiger partial charge on any atom is -0.394 e. The molecule has 0 spiro atoms. The standard InChI is InChI=1S/C8H15N3O3/c1-5(10-7(9)14)6(13)11-8(4-12)2-3-8/h5,12H,2-4H2,1H3,(H,11,13)(H3,9,10,14). The van der Waals surface area contributed by atoms with Crippen molar-refractivity contribution in [1.29, 1.82) is 0 Å². The van der Waals surface area contributed by atoms with Gasteiger partial charge >= 0.3 is 6.03 Å². The molecule has 0 bridgehead atoms. The summed E-state index contributed by atoms with van der Waals surface area (Å²) in [6.45, 7) is 1.47. The minimum atomic E-state index is -0.735. The molecule has 1 saturated carbocycles. The Hall–Kier alpha value is -1.30. The Morgan fingerprint density at radius 2 is 2.14 bits per heavy atom. The predicted octanol–water partition coefficient (Wildman–Crippen LogP) is -1.32. The van der Waals surface area contributed by atoms with Crippen LogP contribution in [-0.4, -0.2) is 35.2 Å². The smallest absolute Gasteiger partial charge is 0.312 e. The average molecular weight is 201 g/mol. The van der Waals surface area contributed by atoms with Crippen LogP contribution in [0, 0.1) is 0 Å². The molecule has 0 aliphatic heterocycles. The summed E-state index contributed by atoms with van der Waals surface area (Å²) in [7, 11) is 0. The zero-order valence-corrected chi connectivity index (χ0v) is 8.04. The maximum Gasteiger partial charge on any atom is 0.312 e. The maximum atomic E-state index is 11.4. The normalized spacial score (nSPS) is 19.6. The van der Waals surface area contributed by atoms with Gasteiger partial charge in [-0.2, -0.15) is 0 Å². The summed E-state index contributed by atoms with van der Waals surface area (Å²) in [5.41, 5.74) is 4.41. The number of aliphatic hydroxyl groups is 1. The number of aliphatic hydroxyl groups excluding tert-OH is 1. The molecule has 6 heteroatoms. The van der Waals surface area contributed by atoms with E-state index in [1.54, 1.807) is 0 Å². The highest BCUT2D eigenvalue weighted by molar-refractivity contribution is 5.86. The first-order valence-corrected chi connectivity index (χ1v) is 4.48. The molecule has 1 aliphatic rings. The van der Waals surface area contributed by atoms with E-state index >= 15 is 0 Å². The van der Waals surface area contributed by atoms with Gasteiger partial charge in [-0.05, 0) is 19.8 Å². The highest BCUT2D eigenvalue weighted by Crippen LogP contribution is 2.34. The number of hydrogen-bond donors (Lipinski definition) is 4. The molecule has 1 aliphatic carbocycles. The Morgan fingerprint density at radius 3 is 2.50 bits per heavy atom. The molecule has 5 N–H and O–H groups in total. The van der Waals surface area contributed by atoms with Crippen LogP contribution in [0.3, 0.4) is 0 Å². The second-order valence-electron chi connectivity index (χ2n) is 3.66. The van der Waals surface area contributed by atoms with Crippen molar-refractivity contribution in [2.45, 2.75) is 31.3 Å². The molecule has 0 aromatic carbocycles. The van der Waals surface area contributed by atoms with Crippen LogP contribution in [-0.2, 0) is 4.79 Å². The number of urea groups is 1. The van der Waals surface area contributed by atoms with Gasteiger partial charge < -0.3 is 21.5 Å². The summed E-state index contributed by atoms with van der Waals surface area (Å²) in [6.07, 6.45) is 1.55. The summed E-state index contributed by atoms with van der Waals surface area (Å²) in [6, 6.07) is -1.40. The number of nitrogens with two attached hydrogens (primary N) is 1. The van der Waals surface area contributed by atoms with Crippen molar-refractivity contribution in [1.82, 2.24) is 10.6 Å². The van der Waals surface area contributed by atoms with E-state index < -0.39 is 17.6 Å².